The van der Waals surface area contributed by atoms with E-state index in [4.69, 9.17) is 0 Å². The summed E-state index contributed by atoms with van der Waals surface area (Å²) in [4.78, 5) is 0. The molecule has 0 atom stereocenters. The summed E-state index contributed by atoms with van der Waals surface area (Å²) in [6, 6.07) is 0. The third-order valence-corrected chi connectivity index (χ3v) is 12.5. The van der Waals surface area contributed by atoms with Crippen LogP contribution in [0.5, 0.6) is 0 Å². The van der Waals surface area contributed by atoms with Gasteiger partial charge in [0.25, 0.3) is 0 Å². The molecule has 0 N–H and O–H groups in total. The molecule has 0 aliphatic heterocycles. The second-order valence-corrected chi connectivity index (χ2v) is 15.1. The normalized spacial score (nSPS) is 11.6. The third kappa shape index (κ3) is 22.9. The molecule has 32 heavy (non-hydrogen) atoms. The first-order valence-corrected chi connectivity index (χ1v) is 17.6. The Morgan fingerprint density at radius 2 is 0.469 bits per heavy atom. The zero-order chi connectivity index (χ0) is 22.9. The Morgan fingerprint density at radius 1 is 0.281 bits per heavy atom. The fourth-order valence-electron chi connectivity index (χ4n) is 5.23. The van der Waals surface area contributed by atoms with Crippen molar-refractivity contribution < 1.29 is 24.0 Å². The Hall–Kier alpha value is 1.16. The number of unbranched alkanes of at least 4 members (excludes halogenated alkanes) is 18. The van der Waals surface area contributed by atoms with E-state index in [0.29, 0.717) is 0 Å². The van der Waals surface area contributed by atoms with Gasteiger partial charge in [0.05, 0.1) is 24.6 Å². The van der Waals surface area contributed by atoms with Gasteiger partial charge in [-0.05, 0) is 51.4 Å². The van der Waals surface area contributed by atoms with Gasteiger partial charge in [-0.2, -0.15) is 0 Å². The lowest BCUT2D eigenvalue weighted by Crippen LogP contribution is -3.00. The van der Waals surface area contributed by atoms with Gasteiger partial charge < -0.3 is 24.0 Å². The average Bonchev–Trinajstić information content (AvgIpc) is 2.78. The topological polar surface area (TPSA) is 0 Å². The van der Waals surface area contributed by atoms with Crippen molar-refractivity contribution in [2.45, 2.75) is 169 Å². The minimum atomic E-state index is -0.705. The second-order valence-electron chi connectivity index (χ2n) is 10.6. The molecule has 0 aromatic rings. The molecule has 0 aliphatic carbocycles. The van der Waals surface area contributed by atoms with E-state index in [1.807, 2.05) is 0 Å². The first-order chi connectivity index (χ1) is 15.2. The van der Waals surface area contributed by atoms with Gasteiger partial charge in [0.2, 0.25) is 0 Å². The lowest BCUT2D eigenvalue weighted by Gasteiger charge is -2.28. The van der Waals surface area contributed by atoms with Gasteiger partial charge in [0, 0.05) is 7.26 Å². The van der Waals surface area contributed by atoms with E-state index in [1.165, 1.54) is 116 Å². The van der Waals surface area contributed by atoms with Crippen molar-refractivity contribution in [1.29, 1.82) is 0 Å². The van der Waals surface area contributed by atoms with Crippen molar-refractivity contribution in [3.63, 3.8) is 0 Å². The second kappa shape index (κ2) is 28.4. The molecule has 2 heteroatoms. The van der Waals surface area contributed by atoms with E-state index in [1.54, 1.807) is 50.3 Å². The van der Waals surface area contributed by atoms with Crippen molar-refractivity contribution in [3.05, 3.63) is 0 Å². The summed E-state index contributed by atoms with van der Waals surface area (Å²) in [7, 11) is -0.705. The van der Waals surface area contributed by atoms with Crippen LogP contribution in [-0.4, -0.2) is 24.6 Å². The summed E-state index contributed by atoms with van der Waals surface area (Å²) in [5.74, 6) is 0. The van der Waals surface area contributed by atoms with Crippen LogP contribution in [0.25, 0.3) is 0 Å². The molecule has 0 radical (unpaired) electrons. The number of hydrogen-bond acceptors (Lipinski definition) is 0. The molecule has 0 nitrogen and oxygen atoms in total. The van der Waals surface area contributed by atoms with E-state index < -0.39 is 7.26 Å². The smallest absolute Gasteiger partial charge is 0.0594 e. The molecule has 0 bridgehead atoms. The molecule has 0 spiro atoms. The van der Waals surface area contributed by atoms with Crippen molar-refractivity contribution in [3.8, 4) is 0 Å². The Kier molecular flexibility index (Phi) is 31.3. The predicted octanol–water partition coefficient (Wildman–Crippen LogP) is 8.67. The summed E-state index contributed by atoms with van der Waals surface area (Å²) in [5.41, 5.74) is 0. The molecular weight excluding hydrogens is 518 g/mol. The van der Waals surface area contributed by atoms with Crippen molar-refractivity contribution in [1.82, 2.24) is 0 Å². The Balaban J connectivity index is 0. The lowest BCUT2D eigenvalue weighted by molar-refractivity contribution is -0.00000712. The van der Waals surface area contributed by atoms with Crippen LogP contribution in [0.2, 0.25) is 0 Å². The van der Waals surface area contributed by atoms with E-state index in [0.717, 1.165) is 0 Å². The number of halogens is 1. The molecule has 0 saturated heterocycles. The highest BCUT2D eigenvalue weighted by Crippen LogP contribution is 2.61. The maximum atomic E-state index is 2.35. The van der Waals surface area contributed by atoms with E-state index in [2.05, 4.69) is 27.7 Å². The molecule has 0 aliphatic rings. The molecule has 0 aromatic heterocycles. The minimum absolute atomic E-state index is 0. The summed E-state index contributed by atoms with van der Waals surface area (Å²) >= 11 is 0. The van der Waals surface area contributed by atoms with Crippen LogP contribution in [0.1, 0.15) is 169 Å². The zero-order valence-corrected chi connectivity index (χ0v) is 26.3. The monoisotopic (exact) mass is 582 g/mol. The van der Waals surface area contributed by atoms with Crippen LogP contribution in [0.15, 0.2) is 0 Å². The van der Waals surface area contributed by atoms with Gasteiger partial charge >= 0.3 is 0 Å². The molecule has 0 rings (SSSR count). The Bertz CT molecular complexity index is 299. The summed E-state index contributed by atoms with van der Waals surface area (Å²) in [6.45, 7) is 9.39. The van der Waals surface area contributed by atoms with Gasteiger partial charge in [-0.15, -0.1) is 0 Å². The SMILES string of the molecule is CCCCCCCC[P+](CCCCCCC)(CCCCCCC)CCCCCCCC.[I-]. The fourth-order valence-corrected chi connectivity index (χ4v) is 10.1. The van der Waals surface area contributed by atoms with Gasteiger partial charge in [0.15, 0.2) is 0 Å². The third-order valence-electron chi connectivity index (χ3n) is 7.44. The highest BCUT2D eigenvalue weighted by Gasteiger charge is 2.34. The maximum Gasteiger partial charge on any atom is 0.0594 e. The van der Waals surface area contributed by atoms with E-state index in [-0.39, 0.29) is 24.0 Å². The lowest BCUT2D eigenvalue weighted by atomic mass is 10.1. The molecule has 0 aromatic carbocycles. The first kappa shape index (κ1) is 35.3. The number of hydrogen-bond donors (Lipinski definition) is 0. The largest absolute Gasteiger partial charge is 1.00 e. The molecule has 0 fully saturated rings. The highest BCUT2D eigenvalue weighted by atomic mass is 127. The van der Waals surface area contributed by atoms with Crippen molar-refractivity contribution >= 4 is 7.26 Å². The van der Waals surface area contributed by atoms with Gasteiger partial charge in [0.1, 0.15) is 0 Å². The summed E-state index contributed by atoms with van der Waals surface area (Å²) < 4.78 is 0. The Labute approximate surface area is 224 Å². The van der Waals surface area contributed by atoms with Crippen LogP contribution in [0.3, 0.4) is 0 Å². The van der Waals surface area contributed by atoms with E-state index in [9.17, 15) is 0 Å². The first-order valence-electron chi connectivity index (χ1n) is 15.1. The summed E-state index contributed by atoms with van der Waals surface area (Å²) in [6.07, 6.45) is 39.1. The molecule has 0 heterocycles. The maximum absolute atomic E-state index is 2.35. The van der Waals surface area contributed by atoms with Crippen molar-refractivity contribution in [2.24, 2.45) is 0 Å². The zero-order valence-electron chi connectivity index (χ0n) is 23.2. The van der Waals surface area contributed by atoms with Gasteiger partial charge in [-0.1, -0.05) is 118 Å². The number of rotatable bonds is 26. The standard InChI is InChI=1S/C30H64P.HI/c1-5-9-13-17-21-25-29-31(27-23-19-15-11-7-3,28-24-20-16-12-8-4)30-26-22-18-14-10-6-2;/h5-30H2,1-4H3;1H/q+1;/p-1. The van der Waals surface area contributed by atoms with Crippen molar-refractivity contribution in [2.75, 3.05) is 24.6 Å². The molecule has 0 unspecified atom stereocenters. The highest BCUT2D eigenvalue weighted by molar-refractivity contribution is 7.75. The summed E-state index contributed by atoms with van der Waals surface area (Å²) in [5, 5.41) is 0. The average molecular weight is 583 g/mol. The fraction of sp³-hybridized carbons (Fsp3) is 1.00. The molecule has 0 saturated carbocycles. The molecule has 196 valence electrons. The molecule has 0 amide bonds. The van der Waals surface area contributed by atoms with Crippen LogP contribution in [0, 0.1) is 0 Å². The molecular formula is C30H64IP. The van der Waals surface area contributed by atoms with Gasteiger partial charge in [-0.3, -0.25) is 0 Å². The van der Waals surface area contributed by atoms with E-state index >= 15 is 0 Å². The predicted molar refractivity (Wildman–Crippen MR) is 151 cm³/mol. The van der Waals surface area contributed by atoms with Crippen LogP contribution < -0.4 is 24.0 Å². The van der Waals surface area contributed by atoms with Crippen LogP contribution >= 0.6 is 7.26 Å². The Morgan fingerprint density at radius 3 is 0.688 bits per heavy atom. The van der Waals surface area contributed by atoms with Crippen LogP contribution in [-0.2, 0) is 0 Å². The van der Waals surface area contributed by atoms with Gasteiger partial charge in [-0.25, -0.2) is 0 Å². The quantitative estimate of drug-likeness (QED) is 0.0544. The van der Waals surface area contributed by atoms with Crippen LogP contribution in [0.4, 0.5) is 0 Å². The minimum Gasteiger partial charge on any atom is -1.00 e.